The van der Waals surface area contributed by atoms with Crippen LogP contribution in [0.1, 0.15) is 5.56 Å². The number of aromatic hydroxyl groups is 2. The van der Waals surface area contributed by atoms with Gasteiger partial charge in [0.1, 0.15) is 11.5 Å². The number of aryl methyl sites for hydroxylation is 1. The van der Waals surface area contributed by atoms with Gasteiger partial charge in [-0.3, -0.25) is 4.79 Å². The molecule has 0 aliphatic heterocycles. The molecule has 31 heavy (non-hydrogen) atoms. The highest BCUT2D eigenvalue weighted by Crippen LogP contribution is 2.42. The first-order valence-corrected chi connectivity index (χ1v) is 9.48. The molecule has 4 nitrogen and oxygen atoms in total. The lowest BCUT2D eigenvalue weighted by molar-refractivity contribution is -0.137. The molecule has 2 N–H and O–H groups in total. The number of hydrogen-bond donors (Lipinski definition) is 2. The third kappa shape index (κ3) is 3.61. The van der Waals surface area contributed by atoms with Gasteiger partial charge in [0.25, 0.3) is 5.56 Å². The molecule has 4 rings (SSSR count). The Balaban J connectivity index is 2.25. The molecule has 0 atom stereocenters. The van der Waals surface area contributed by atoms with Crippen molar-refractivity contribution in [1.29, 1.82) is 0 Å². The Hall–Kier alpha value is -3.45. The SMILES string of the molecule is Cn1c(=O)c(-c2ccc(O)cc2)c(-c2cc(Cl)ccc2O)c2cc(C(F)(F)F)ccc21. The number of fused-ring (bicyclic) bond motifs is 1. The van der Waals surface area contributed by atoms with E-state index < -0.39 is 17.3 Å². The molecule has 0 bridgehead atoms. The minimum atomic E-state index is -4.60. The first-order valence-electron chi connectivity index (χ1n) is 9.10. The summed E-state index contributed by atoms with van der Waals surface area (Å²) >= 11 is 6.10. The van der Waals surface area contributed by atoms with E-state index in [-0.39, 0.29) is 44.1 Å². The molecule has 1 aromatic heterocycles. The number of alkyl halides is 3. The van der Waals surface area contributed by atoms with Crippen molar-refractivity contribution >= 4 is 22.5 Å². The van der Waals surface area contributed by atoms with Crippen LogP contribution in [-0.2, 0) is 13.2 Å². The monoisotopic (exact) mass is 445 g/mol. The number of phenols is 2. The van der Waals surface area contributed by atoms with Gasteiger partial charge in [0.15, 0.2) is 0 Å². The average molecular weight is 446 g/mol. The highest BCUT2D eigenvalue weighted by Gasteiger charge is 2.31. The van der Waals surface area contributed by atoms with Gasteiger partial charge in [0.05, 0.1) is 16.6 Å². The van der Waals surface area contributed by atoms with E-state index >= 15 is 0 Å². The fourth-order valence-electron chi connectivity index (χ4n) is 3.61. The predicted octanol–water partition coefficient (Wildman–Crippen LogP) is 5.96. The van der Waals surface area contributed by atoms with Crippen molar-refractivity contribution in [2.75, 3.05) is 0 Å². The summed E-state index contributed by atoms with van der Waals surface area (Å²) in [5, 5.41) is 20.5. The Morgan fingerprint density at radius 2 is 1.58 bits per heavy atom. The third-order valence-electron chi connectivity index (χ3n) is 5.11. The zero-order valence-corrected chi connectivity index (χ0v) is 16.8. The predicted molar refractivity (Wildman–Crippen MR) is 113 cm³/mol. The number of hydrogen-bond acceptors (Lipinski definition) is 3. The summed E-state index contributed by atoms with van der Waals surface area (Å²) in [6, 6.07) is 12.9. The van der Waals surface area contributed by atoms with Gasteiger partial charge in [-0.1, -0.05) is 23.7 Å². The van der Waals surface area contributed by atoms with Crippen LogP contribution in [-0.4, -0.2) is 14.8 Å². The Kier molecular flexibility index (Phi) is 4.94. The zero-order chi connectivity index (χ0) is 22.5. The Labute approximate surface area is 179 Å². The lowest BCUT2D eigenvalue weighted by Crippen LogP contribution is -2.21. The first kappa shape index (κ1) is 20.8. The van der Waals surface area contributed by atoms with Crippen LogP contribution < -0.4 is 5.56 Å². The molecule has 4 aromatic rings. The average Bonchev–Trinajstić information content (AvgIpc) is 2.72. The molecule has 0 spiro atoms. The zero-order valence-electron chi connectivity index (χ0n) is 16.0. The standard InChI is InChI=1S/C23H15ClF3NO3/c1-28-18-8-4-13(23(25,26)27)10-16(18)21(17-11-14(24)5-9-19(17)30)20(22(28)31)12-2-6-15(29)7-3-12/h2-11,29-30H,1H3. The molecular formula is C23H15ClF3NO3. The number of rotatable bonds is 2. The van der Waals surface area contributed by atoms with E-state index in [4.69, 9.17) is 11.6 Å². The smallest absolute Gasteiger partial charge is 0.416 e. The molecule has 8 heteroatoms. The van der Waals surface area contributed by atoms with E-state index in [2.05, 4.69) is 0 Å². The van der Waals surface area contributed by atoms with Crippen molar-refractivity contribution in [3.05, 3.63) is 81.6 Å². The van der Waals surface area contributed by atoms with Crippen molar-refractivity contribution in [2.24, 2.45) is 7.05 Å². The van der Waals surface area contributed by atoms with E-state index in [0.717, 1.165) is 12.1 Å². The molecule has 0 radical (unpaired) electrons. The molecule has 1 heterocycles. The van der Waals surface area contributed by atoms with E-state index in [1.165, 1.54) is 60.1 Å². The molecule has 0 aliphatic carbocycles. The first-order chi connectivity index (χ1) is 14.6. The van der Waals surface area contributed by atoms with Crippen LogP contribution in [0.25, 0.3) is 33.2 Å². The number of aromatic nitrogens is 1. The van der Waals surface area contributed by atoms with Gasteiger partial charge < -0.3 is 14.8 Å². The van der Waals surface area contributed by atoms with Crippen LogP contribution in [0, 0.1) is 0 Å². The van der Waals surface area contributed by atoms with Crippen LogP contribution in [0.15, 0.2) is 65.5 Å². The van der Waals surface area contributed by atoms with Crippen LogP contribution >= 0.6 is 11.6 Å². The number of benzene rings is 3. The summed E-state index contributed by atoms with van der Waals surface area (Å²) in [4.78, 5) is 13.3. The minimum Gasteiger partial charge on any atom is -0.508 e. The molecular weight excluding hydrogens is 431 g/mol. The van der Waals surface area contributed by atoms with Gasteiger partial charge in [-0.15, -0.1) is 0 Å². The molecule has 0 saturated heterocycles. The quantitative estimate of drug-likeness (QED) is 0.400. The molecule has 0 fully saturated rings. The molecule has 3 aromatic carbocycles. The maximum absolute atomic E-state index is 13.5. The van der Waals surface area contributed by atoms with Crippen LogP contribution in [0.4, 0.5) is 13.2 Å². The number of phenolic OH excluding ortho intramolecular Hbond substituents is 2. The highest BCUT2D eigenvalue weighted by atomic mass is 35.5. The van der Waals surface area contributed by atoms with Crippen molar-refractivity contribution in [3.8, 4) is 33.8 Å². The van der Waals surface area contributed by atoms with E-state index in [1.807, 2.05) is 0 Å². The number of nitrogens with zero attached hydrogens (tertiary/aromatic N) is 1. The Bertz CT molecular complexity index is 1380. The second kappa shape index (κ2) is 7.35. The summed E-state index contributed by atoms with van der Waals surface area (Å²) < 4.78 is 41.7. The summed E-state index contributed by atoms with van der Waals surface area (Å²) in [6.45, 7) is 0. The Morgan fingerprint density at radius 1 is 0.903 bits per heavy atom. The summed E-state index contributed by atoms with van der Waals surface area (Å²) in [5.74, 6) is -0.274. The Morgan fingerprint density at radius 3 is 2.23 bits per heavy atom. The topological polar surface area (TPSA) is 62.5 Å². The van der Waals surface area contributed by atoms with Gasteiger partial charge >= 0.3 is 6.18 Å². The van der Waals surface area contributed by atoms with E-state index in [1.54, 1.807) is 0 Å². The van der Waals surface area contributed by atoms with Crippen LogP contribution in [0.5, 0.6) is 11.5 Å². The summed E-state index contributed by atoms with van der Waals surface area (Å²) in [5.41, 5.74) is -0.424. The van der Waals surface area contributed by atoms with Gasteiger partial charge in [-0.2, -0.15) is 13.2 Å². The maximum Gasteiger partial charge on any atom is 0.416 e. The summed E-state index contributed by atoms with van der Waals surface area (Å²) in [6.07, 6.45) is -4.60. The lowest BCUT2D eigenvalue weighted by atomic mass is 9.90. The van der Waals surface area contributed by atoms with Crippen molar-refractivity contribution in [3.63, 3.8) is 0 Å². The van der Waals surface area contributed by atoms with Crippen molar-refractivity contribution < 1.29 is 23.4 Å². The minimum absolute atomic E-state index is 0.0344. The maximum atomic E-state index is 13.5. The van der Waals surface area contributed by atoms with Crippen LogP contribution in [0.2, 0.25) is 5.02 Å². The van der Waals surface area contributed by atoms with E-state index in [9.17, 15) is 28.2 Å². The van der Waals surface area contributed by atoms with E-state index in [0.29, 0.717) is 5.56 Å². The lowest BCUT2D eigenvalue weighted by Gasteiger charge is -2.19. The molecule has 158 valence electrons. The summed E-state index contributed by atoms with van der Waals surface area (Å²) in [7, 11) is 1.46. The van der Waals surface area contributed by atoms with Crippen molar-refractivity contribution in [2.45, 2.75) is 6.18 Å². The highest BCUT2D eigenvalue weighted by molar-refractivity contribution is 6.31. The van der Waals surface area contributed by atoms with Gasteiger partial charge in [-0.25, -0.2) is 0 Å². The molecule has 0 saturated carbocycles. The normalized spacial score (nSPS) is 11.8. The third-order valence-corrected chi connectivity index (χ3v) is 5.34. The second-order valence-electron chi connectivity index (χ2n) is 7.05. The van der Waals surface area contributed by atoms with Gasteiger partial charge in [-0.05, 0) is 54.1 Å². The van der Waals surface area contributed by atoms with Crippen LogP contribution in [0.3, 0.4) is 0 Å². The molecule has 0 amide bonds. The number of halogens is 4. The van der Waals surface area contributed by atoms with Gasteiger partial charge in [0.2, 0.25) is 0 Å². The van der Waals surface area contributed by atoms with Crippen molar-refractivity contribution in [1.82, 2.24) is 4.57 Å². The largest absolute Gasteiger partial charge is 0.508 e. The fourth-order valence-corrected chi connectivity index (χ4v) is 3.78. The van der Waals surface area contributed by atoms with Gasteiger partial charge in [0, 0.05) is 28.6 Å². The second-order valence-corrected chi connectivity index (χ2v) is 7.49. The molecule has 0 aliphatic rings. The number of pyridine rings is 1. The fraction of sp³-hybridized carbons (Fsp3) is 0.0870. The molecule has 0 unspecified atom stereocenters.